The van der Waals surface area contributed by atoms with Crippen LogP contribution in [-0.2, 0) is 9.53 Å². The van der Waals surface area contributed by atoms with Gasteiger partial charge in [-0.15, -0.1) is 13.2 Å². The lowest BCUT2D eigenvalue weighted by molar-refractivity contribution is -0.139. The number of carbonyl (C=O) groups excluding carboxylic acids is 1. The number of esters is 1. The molecule has 0 rings (SSSR count). The molecular formula is C12H19NO2. The van der Waals surface area contributed by atoms with Gasteiger partial charge in [-0.2, -0.15) is 0 Å². The molecule has 0 aromatic rings. The highest BCUT2D eigenvalue weighted by molar-refractivity contribution is 5.81. The number of ether oxygens (including phenoxy) is 1. The molecule has 0 radical (unpaired) electrons. The van der Waals surface area contributed by atoms with E-state index in [1.807, 2.05) is 19.1 Å². The third-order valence-electron chi connectivity index (χ3n) is 1.98. The van der Waals surface area contributed by atoms with Gasteiger partial charge in [0, 0.05) is 25.2 Å². The van der Waals surface area contributed by atoms with Crippen molar-refractivity contribution in [3.63, 3.8) is 0 Å². The molecule has 0 spiro atoms. The van der Waals surface area contributed by atoms with E-state index in [1.54, 1.807) is 0 Å². The highest BCUT2D eigenvalue weighted by Crippen LogP contribution is 2.00. The molecule has 0 fully saturated rings. The summed E-state index contributed by atoms with van der Waals surface area (Å²) in [4.78, 5) is 13.0. The molecule has 15 heavy (non-hydrogen) atoms. The molecular weight excluding hydrogens is 190 g/mol. The average molecular weight is 209 g/mol. The summed E-state index contributed by atoms with van der Waals surface area (Å²) < 4.78 is 4.96. The molecule has 0 heterocycles. The summed E-state index contributed by atoms with van der Waals surface area (Å²) in [7, 11) is 0. The number of hydrogen-bond acceptors (Lipinski definition) is 3. The molecule has 0 N–H and O–H groups in total. The Balaban J connectivity index is 4.05. The smallest absolute Gasteiger partial charge is 0.330 e. The van der Waals surface area contributed by atoms with Crippen LogP contribution in [0.25, 0.3) is 0 Å². The van der Waals surface area contributed by atoms with E-state index >= 15 is 0 Å². The zero-order chi connectivity index (χ0) is 11.7. The van der Waals surface area contributed by atoms with Crippen molar-refractivity contribution in [2.24, 2.45) is 0 Å². The highest BCUT2D eigenvalue weighted by Gasteiger charge is 2.12. The Hall–Kier alpha value is -1.35. The third-order valence-corrected chi connectivity index (χ3v) is 1.98. The van der Waals surface area contributed by atoms with E-state index < -0.39 is 0 Å². The van der Waals surface area contributed by atoms with Crippen molar-refractivity contribution in [3.8, 4) is 0 Å². The van der Waals surface area contributed by atoms with Crippen LogP contribution in [0.3, 0.4) is 0 Å². The van der Waals surface area contributed by atoms with Crippen molar-refractivity contribution < 1.29 is 9.53 Å². The lowest BCUT2D eigenvalue weighted by Gasteiger charge is -2.25. The van der Waals surface area contributed by atoms with Gasteiger partial charge in [0.05, 0.1) is 0 Å². The molecule has 0 bridgehead atoms. The largest absolute Gasteiger partial charge is 0.461 e. The quantitative estimate of drug-likeness (QED) is 0.347. The second-order valence-corrected chi connectivity index (χ2v) is 3.21. The molecule has 84 valence electrons. The van der Waals surface area contributed by atoms with E-state index in [2.05, 4.69) is 24.6 Å². The predicted octanol–water partition coefficient (Wildman–Crippen LogP) is 1.78. The number of rotatable bonds is 8. The topological polar surface area (TPSA) is 29.5 Å². The second-order valence-electron chi connectivity index (χ2n) is 3.21. The van der Waals surface area contributed by atoms with Crippen LogP contribution in [0.4, 0.5) is 0 Å². The van der Waals surface area contributed by atoms with E-state index in [0.29, 0.717) is 6.61 Å². The predicted molar refractivity (Wildman–Crippen MR) is 62.6 cm³/mol. The highest BCUT2D eigenvalue weighted by atomic mass is 16.5. The Morgan fingerprint density at radius 1 is 1.33 bits per heavy atom. The summed E-state index contributed by atoms with van der Waals surface area (Å²) in [5.41, 5.74) is 0. The van der Waals surface area contributed by atoms with Gasteiger partial charge in [0.1, 0.15) is 6.61 Å². The summed E-state index contributed by atoms with van der Waals surface area (Å²) in [5, 5.41) is 0. The van der Waals surface area contributed by atoms with Crippen LogP contribution < -0.4 is 0 Å². The Morgan fingerprint density at radius 3 is 2.27 bits per heavy atom. The summed E-state index contributed by atoms with van der Waals surface area (Å²) in [6.45, 7) is 14.5. The minimum Gasteiger partial charge on any atom is -0.461 e. The van der Waals surface area contributed by atoms with Gasteiger partial charge in [-0.3, -0.25) is 4.90 Å². The molecule has 1 unspecified atom stereocenters. The Bertz CT molecular complexity index is 226. The molecule has 3 nitrogen and oxygen atoms in total. The van der Waals surface area contributed by atoms with Gasteiger partial charge in [-0.05, 0) is 6.92 Å². The van der Waals surface area contributed by atoms with Crippen molar-refractivity contribution in [2.75, 3.05) is 19.7 Å². The first-order valence-electron chi connectivity index (χ1n) is 4.90. The molecule has 0 amide bonds. The van der Waals surface area contributed by atoms with Crippen LogP contribution in [0.1, 0.15) is 6.92 Å². The van der Waals surface area contributed by atoms with Crippen LogP contribution in [0, 0.1) is 0 Å². The first-order chi connectivity index (χ1) is 7.15. The van der Waals surface area contributed by atoms with Crippen LogP contribution >= 0.6 is 0 Å². The van der Waals surface area contributed by atoms with E-state index in [1.165, 1.54) is 0 Å². The molecule has 3 heteroatoms. The lowest BCUT2D eigenvalue weighted by atomic mass is 10.3. The summed E-state index contributed by atoms with van der Waals surface area (Å²) in [5.74, 6) is -0.390. The Morgan fingerprint density at radius 2 is 1.87 bits per heavy atom. The zero-order valence-electron chi connectivity index (χ0n) is 9.32. The fourth-order valence-electron chi connectivity index (χ4n) is 1.13. The maximum absolute atomic E-state index is 10.9. The van der Waals surface area contributed by atoms with E-state index in [-0.39, 0.29) is 12.0 Å². The Labute approximate surface area is 91.7 Å². The molecule has 0 saturated carbocycles. The molecule has 0 saturated heterocycles. The molecule has 0 aromatic carbocycles. The van der Waals surface area contributed by atoms with Gasteiger partial charge in [-0.25, -0.2) is 4.79 Å². The first-order valence-corrected chi connectivity index (χ1v) is 4.90. The van der Waals surface area contributed by atoms with Crippen molar-refractivity contribution >= 4 is 5.97 Å². The second kappa shape index (κ2) is 8.00. The minimum atomic E-state index is -0.390. The minimum absolute atomic E-state index is 0.143. The van der Waals surface area contributed by atoms with Gasteiger partial charge in [0.2, 0.25) is 0 Å². The third kappa shape index (κ3) is 5.86. The maximum Gasteiger partial charge on any atom is 0.330 e. The van der Waals surface area contributed by atoms with Crippen LogP contribution in [0.15, 0.2) is 38.0 Å². The fourth-order valence-corrected chi connectivity index (χ4v) is 1.13. The van der Waals surface area contributed by atoms with Crippen LogP contribution in [-0.4, -0.2) is 36.6 Å². The molecule has 0 aromatic heterocycles. The van der Waals surface area contributed by atoms with Crippen LogP contribution in [0.5, 0.6) is 0 Å². The normalized spacial score (nSPS) is 11.9. The molecule has 0 aliphatic carbocycles. The number of nitrogens with zero attached hydrogens (tertiary/aromatic N) is 1. The van der Waals surface area contributed by atoms with Crippen molar-refractivity contribution in [2.45, 2.75) is 13.0 Å². The van der Waals surface area contributed by atoms with E-state index in [0.717, 1.165) is 19.2 Å². The van der Waals surface area contributed by atoms with Crippen molar-refractivity contribution in [3.05, 3.63) is 38.0 Å². The van der Waals surface area contributed by atoms with Crippen LogP contribution in [0.2, 0.25) is 0 Å². The van der Waals surface area contributed by atoms with Crippen molar-refractivity contribution in [1.29, 1.82) is 0 Å². The summed E-state index contributed by atoms with van der Waals surface area (Å²) >= 11 is 0. The summed E-state index contributed by atoms with van der Waals surface area (Å²) in [6.07, 6.45) is 4.79. The van der Waals surface area contributed by atoms with Crippen molar-refractivity contribution in [1.82, 2.24) is 4.90 Å². The fraction of sp³-hybridized carbons (Fsp3) is 0.417. The number of carbonyl (C=O) groups is 1. The monoisotopic (exact) mass is 209 g/mol. The lowest BCUT2D eigenvalue weighted by Crippen LogP contribution is -2.37. The molecule has 0 aliphatic heterocycles. The summed E-state index contributed by atoms with van der Waals surface area (Å²) in [6, 6.07) is 0.143. The molecule has 1 atom stereocenters. The maximum atomic E-state index is 10.9. The van der Waals surface area contributed by atoms with Gasteiger partial charge in [-0.1, -0.05) is 18.7 Å². The van der Waals surface area contributed by atoms with Gasteiger partial charge >= 0.3 is 5.97 Å². The molecule has 0 aliphatic rings. The standard InChI is InChI=1S/C12H19NO2/c1-5-8-13(9-6-2)11(4)10-15-12(14)7-3/h5-7,11H,1-3,8-10H2,4H3. The first kappa shape index (κ1) is 13.7. The van der Waals surface area contributed by atoms with Gasteiger partial charge < -0.3 is 4.74 Å². The van der Waals surface area contributed by atoms with Gasteiger partial charge in [0.15, 0.2) is 0 Å². The zero-order valence-corrected chi connectivity index (χ0v) is 9.32. The number of hydrogen-bond donors (Lipinski definition) is 0. The average Bonchev–Trinajstić information content (AvgIpc) is 2.25. The Kier molecular flexibility index (Phi) is 7.28. The van der Waals surface area contributed by atoms with E-state index in [9.17, 15) is 4.79 Å². The van der Waals surface area contributed by atoms with E-state index in [4.69, 9.17) is 4.74 Å². The SMILES string of the molecule is C=CCN(CC=C)C(C)COC(=O)C=C. The van der Waals surface area contributed by atoms with Gasteiger partial charge in [0.25, 0.3) is 0 Å².